The summed E-state index contributed by atoms with van der Waals surface area (Å²) in [5.41, 5.74) is 2.68. The van der Waals surface area contributed by atoms with Gasteiger partial charge in [0.05, 0.1) is 0 Å². The zero-order valence-electron chi connectivity index (χ0n) is 22.3. The second-order valence-electron chi connectivity index (χ2n) is 10.6. The zero-order valence-corrected chi connectivity index (χ0v) is 23.1. The van der Waals surface area contributed by atoms with E-state index in [0.29, 0.717) is 17.2 Å². The second-order valence-corrected chi connectivity index (χ2v) is 11.0. The van der Waals surface area contributed by atoms with E-state index < -0.39 is 6.04 Å². The molecule has 0 fully saturated rings. The number of hydrogen-bond donors (Lipinski definition) is 1. The fraction of sp³-hybridized carbons (Fsp3) is 0.355. The predicted molar refractivity (Wildman–Crippen MR) is 150 cm³/mol. The summed E-state index contributed by atoms with van der Waals surface area (Å²) in [5.74, 6) is 0.185. The van der Waals surface area contributed by atoms with Gasteiger partial charge in [-0.1, -0.05) is 93.0 Å². The van der Waals surface area contributed by atoms with Gasteiger partial charge in [0, 0.05) is 24.0 Å². The summed E-state index contributed by atoms with van der Waals surface area (Å²) in [6.45, 7) is 10.2. The summed E-state index contributed by atoms with van der Waals surface area (Å²) in [7, 11) is 0. The molecule has 0 unspecified atom stereocenters. The van der Waals surface area contributed by atoms with Gasteiger partial charge < -0.3 is 15.0 Å². The van der Waals surface area contributed by atoms with E-state index in [-0.39, 0.29) is 36.4 Å². The molecule has 0 aliphatic heterocycles. The molecule has 5 nitrogen and oxygen atoms in total. The van der Waals surface area contributed by atoms with Crippen molar-refractivity contribution in [1.82, 2.24) is 10.2 Å². The quantitative estimate of drug-likeness (QED) is 0.347. The number of halogens is 1. The zero-order chi connectivity index (χ0) is 27.0. The van der Waals surface area contributed by atoms with E-state index >= 15 is 0 Å². The standard InChI is InChI=1S/C31H37ClN2O3/c1-22(2)33-30(36)27(19-23-12-7-6-8-13-23)34(20-24-14-11-15-25(32)18-24)29(35)21-37-28-17-10-9-16-26(28)31(3,4)5/h6-18,22,27H,19-21H2,1-5H3,(H,33,36)/t27-/m1/s1. The first-order valence-corrected chi connectivity index (χ1v) is 13.0. The highest BCUT2D eigenvalue weighted by molar-refractivity contribution is 6.30. The molecule has 1 N–H and O–H groups in total. The first kappa shape index (κ1) is 28.3. The number of nitrogens with zero attached hydrogens (tertiary/aromatic N) is 1. The maximum Gasteiger partial charge on any atom is 0.261 e. The minimum atomic E-state index is -0.724. The van der Waals surface area contributed by atoms with Crippen molar-refractivity contribution in [3.8, 4) is 5.75 Å². The molecule has 6 heteroatoms. The molecule has 0 saturated carbocycles. The topological polar surface area (TPSA) is 58.6 Å². The molecule has 0 aromatic heterocycles. The fourth-order valence-electron chi connectivity index (χ4n) is 4.20. The van der Waals surface area contributed by atoms with Crippen LogP contribution in [0.2, 0.25) is 5.02 Å². The van der Waals surface area contributed by atoms with Gasteiger partial charge in [0.2, 0.25) is 5.91 Å². The van der Waals surface area contributed by atoms with Gasteiger partial charge in [-0.15, -0.1) is 0 Å². The third kappa shape index (κ3) is 8.36. The molecule has 196 valence electrons. The number of hydrogen-bond acceptors (Lipinski definition) is 3. The number of amides is 2. The van der Waals surface area contributed by atoms with Crippen LogP contribution in [0.25, 0.3) is 0 Å². The summed E-state index contributed by atoms with van der Waals surface area (Å²) in [6, 6.07) is 24.0. The summed E-state index contributed by atoms with van der Waals surface area (Å²) in [6.07, 6.45) is 0.379. The Morgan fingerprint density at radius 1 is 0.919 bits per heavy atom. The van der Waals surface area contributed by atoms with Crippen molar-refractivity contribution in [3.05, 3.63) is 101 Å². The molecule has 0 aliphatic rings. The van der Waals surface area contributed by atoms with Crippen molar-refractivity contribution in [3.63, 3.8) is 0 Å². The Bertz CT molecular complexity index is 1190. The van der Waals surface area contributed by atoms with Gasteiger partial charge in [-0.3, -0.25) is 9.59 Å². The van der Waals surface area contributed by atoms with E-state index in [4.69, 9.17) is 16.3 Å². The molecule has 2 amide bonds. The molecule has 3 rings (SSSR count). The number of benzene rings is 3. The lowest BCUT2D eigenvalue weighted by molar-refractivity contribution is -0.143. The first-order chi connectivity index (χ1) is 17.5. The largest absolute Gasteiger partial charge is 0.483 e. The smallest absolute Gasteiger partial charge is 0.261 e. The average Bonchev–Trinajstić information content (AvgIpc) is 2.84. The van der Waals surface area contributed by atoms with Crippen molar-refractivity contribution in [1.29, 1.82) is 0 Å². The lowest BCUT2D eigenvalue weighted by atomic mass is 9.86. The van der Waals surface area contributed by atoms with Crippen LogP contribution >= 0.6 is 11.6 Å². The van der Waals surface area contributed by atoms with E-state index in [2.05, 4.69) is 26.1 Å². The van der Waals surface area contributed by atoms with Crippen molar-refractivity contribution < 1.29 is 14.3 Å². The van der Waals surface area contributed by atoms with E-state index in [1.807, 2.05) is 86.6 Å². The fourth-order valence-corrected chi connectivity index (χ4v) is 4.41. The SMILES string of the molecule is CC(C)NC(=O)[C@@H](Cc1ccccc1)N(Cc1cccc(Cl)c1)C(=O)COc1ccccc1C(C)(C)C. The third-order valence-electron chi connectivity index (χ3n) is 5.99. The lowest BCUT2D eigenvalue weighted by Gasteiger charge is -2.32. The number of nitrogens with one attached hydrogen (secondary N) is 1. The Morgan fingerprint density at radius 3 is 2.22 bits per heavy atom. The first-order valence-electron chi connectivity index (χ1n) is 12.6. The van der Waals surface area contributed by atoms with Crippen LogP contribution < -0.4 is 10.1 Å². The van der Waals surface area contributed by atoms with Gasteiger partial charge in [0.15, 0.2) is 6.61 Å². The third-order valence-corrected chi connectivity index (χ3v) is 6.23. The van der Waals surface area contributed by atoms with Crippen LogP contribution in [-0.2, 0) is 28.0 Å². The molecule has 3 aromatic carbocycles. The lowest BCUT2D eigenvalue weighted by Crippen LogP contribution is -2.52. The normalized spacial score (nSPS) is 12.2. The van der Waals surface area contributed by atoms with E-state index in [0.717, 1.165) is 16.7 Å². The van der Waals surface area contributed by atoms with Crippen molar-refractivity contribution in [2.45, 2.75) is 65.1 Å². The average molecular weight is 521 g/mol. The summed E-state index contributed by atoms with van der Waals surface area (Å²) < 4.78 is 6.08. The summed E-state index contributed by atoms with van der Waals surface area (Å²) in [4.78, 5) is 28.8. The summed E-state index contributed by atoms with van der Waals surface area (Å²) >= 11 is 6.24. The number of ether oxygens (including phenoxy) is 1. The summed E-state index contributed by atoms with van der Waals surface area (Å²) in [5, 5.41) is 3.57. The number of carbonyl (C=O) groups is 2. The minimum Gasteiger partial charge on any atom is -0.483 e. The Hall–Kier alpha value is -3.31. The van der Waals surface area contributed by atoms with Gasteiger partial charge in [-0.25, -0.2) is 0 Å². The molecular formula is C31H37ClN2O3. The maximum atomic E-state index is 13.8. The molecular weight excluding hydrogens is 484 g/mol. The minimum absolute atomic E-state index is 0.0659. The number of carbonyl (C=O) groups excluding carboxylic acids is 2. The van der Waals surface area contributed by atoms with Crippen LogP contribution in [0.3, 0.4) is 0 Å². The molecule has 0 saturated heterocycles. The highest BCUT2D eigenvalue weighted by Crippen LogP contribution is 2.31. The molecule has 0 aliphatic carbocycles. The predicted octanol–water partition coefficient (Wildman–Crippen LogP) is 6.18. The van der Waals surface area contributed by atoms with Crippen LogP contribution in [-0.4, -0.2) is 35.4 Å². The van der Waals surface area contributed by atoms with Crippen molar-refractivity contribution in [2.75, 3.05) is 6.61 Å². The van der Waals surface area contributed by atoms with E-state index in [1.165, 1.54) is 0 Å². The van der Waals surface area contributed by atoms with E-state index in [1.54, 1.807) is 11.0 Å². The van der Waals surface area contributed by atoms with Crippen LogP contribution in [0.4, 0.5) is 0 Å². The van der Waals surface area contributed by atoms with Gasteiger partial charge in [0.25, 0.3) is 5.91 Å². The highest BCUT2D eigenvalue weighted by atomic mass is 35.5. The van der Waals surface area contributed by atoms with Crippen LogP contribution in [0.1, 0.15) is 51.3 Å². The van der Waals surface area contributed by atoms with Gasteiger partial charge >= 0.3 is 0 Å². The molecule has 37 heavy (non-hydrogen) atoms. The monoisotopic (exact) mass is 520 g/mol. The Balaban J connectivity index is 1.94. The Morgan fingerprint density at radius 2 is 1.57 bits per heavy atom. The second kappa shape index (κ2) is 12.8. The van der Waals surface area contributed by atoms with Crippen LogP contribution in [0.15, 0.2) is 78.9 Å². The Labute approximate surface area is 225 Å². The molecule has 3 aromatic rings. The molecule has 0 bridgehead atoms. The van der Waals surface area contributed by atoms with Gasteiger partial charge in [-0.05, 0) is 54.2 Å². The van der Waals surface area contributed by atoms with E-state index in [9.17, 15) is 9.59 Å². The molecule has 0 radical (unpaired) electrons. The van der Waals surface area contributed by atoms with Crippen molar-refractivity contribution >= 4 is 23.4 Å². The molecule has 1 atom stereocenters. The van der Waals surface area contributed by atoms with Crippen LogP contribution in [0, 0.1) is 0 Å². The Kier molecular flexibility index (Phi) is 9.76. The van der Waals surface area contributed by atoms with Crippen molar-refractivity contribution in [2.24, 2.45) is 0 Å². The van der Waals surface area contributed by atoms with Gasteiger partial charge in [-0.2, -0.15) is 0 Å². The molecule has 0 spiro atoms. The number of para-hydroxylation sites is 1. The van der Waals surface area contributed by atoms with Crippen LogP contribution in [0.5, 0.6) is 5.75 Å². The molecule has 0 heterocycles. The number of rotatable bonds is 10. The highest BCUT2D eigenvalue weighted by Gasteiger charge is 2.31. The van der Waals surface area contributed by atoms with Gasteiger partial charge in [0.1, 0.15) is 11.8 Å². The maximum absolute atomic E-state index is 13.8.